The summed E-state index contributed by atoms with van der Waals surface area (Å²) in [6.07, 6.45) is 6.05. The highest BCUT2D eigenvalue weighted by atomic mass is 32.2. The first kappa shape index (κ1) is 12.4. The van der Waals surface area contributed by atoms with E-state index in [0.29, 0.717) is 5.69 Å². The van der Waals surface area contributed by atoms with Crippen molar-refractivity contribution in [3.05, 3.63) is 49.3 Å². The third kappa shape index (κ3) is 2.86. The van der Waals surface area contributed by atoms with Crippen LogP contribution >= 0.6 is 11.8 Å². The zero-order valence-electron chi connectivity index (χ0n) is 10.2. The Morgan fingerprint density at radius 1 is 1.30 bits per heavy atom. The summed E-state index contributed by atoms with van der Waals surface area (Å²) in [5.74, 6) is 0. The first-order valence-electron chi connectivity index (χ1n) is 5.74. The lowest BCUT2D eigenvalue weighted by Crippen LogP contribution is -2.17. The summed E-state index contributed by atoms with van der Waals surface area (Å²) in [6, 6.07) is 7.20. The number of imidazole rings is 1. The number of carbonyl (C=O) groups is 1. The second-order valence-electron chi connectivity index (χ2n) is 3.82. The minimum atomic E-state index is -0.252. The number of nitrogens with zero attached hydrogens (tertiary/aromatic N) is 4. The van der Waals surface area contributed by atoms with Crippen molar-refractivity contribution in [2.75, 3.05) is 5.32 Å². The zero-order valence-corrected chi connectivity index (χ0v) is 11.0. The molecule has 8 heteroatoms. The average Bonchev–Trinajstić information content (AvgIpc) is 3.13. The maximum absolute atomic E-state index is 11.8. The fraction of sp³-hybridized carbons (Fsp3) is 0. The molecule has 0 aliphatic carbocycles. The monoisotopic (exact) mass is 286 g/mol. The van der Waals surface area contributed by atoms with Crippen LogP contribution in [0, 0.1) is 0 Å². The van der Waals surface area contributed by atoms with Gasteiger partial charge >= 0.3 is 6.03 Å². The molecule has 2 heterocycles. The normalized spacial score (nSPS) is 10.4. The van der Waals surface area contributed by atoms with E-state index in [-0.39, 0.29) is 6.03 Å². The topological polar surface area (TPSA) is 88.5 Å². The molecule has 0 radical (unpaired) electrons. The van der Waals surface area contributed by atoms with E-state index in [1.165, 1.54) is 29.0 Å². The highest BCUT2D eigenvalue weighted by Gasteiger charge is 2.04. The number of benzene rings is 1. The SMILES string of the molecule is O=C(Nc1ccc(Sc2ncn[nH]2)cc1)n1ccnc1. The van der Waals surface area contributed by atoms with Gasteiger partial charge in [0.2, 0.25) is 0 Å². The number of aromatic nitrogens is 5. The van der Waals surface area contributed by atoms with Crippen LogP contribution < -0.4 is 5.32 Å². The Hall–Kier alpha value is -2.61. The van der Waals surface area contributed by atoms with Crippen LogP contribution in [0.15, 0.2) is 59.4 Å². The van der Waals surface area contributed by atoms with Gasteiger partial charge in [0.25, 0.3) is 0 Å². The molecule has 20 heavy (non-hydrogen) atoms. The third-order valence-corrected chi connectivity index (χ3v) is 3.35. The highest BCUT2D eigenvalue weighted by Crippen LogP contribution is 2.25. The van der Waals surface area contributed by atoms with Crippen molar-refractivity contribution >= 4 is 23.5 Å². The standard InChI is InChI=1S/C12H10N6OS/c19-12(18-6-5-13-8-18)16-9-1-3-10(4-2-9)20-11-14-7-15-17-11/h1-8H,(H,16,19)(H,14,15,17). The predicted molar refractivity (Wildman–Crippen MR) is 73.6 cm³/mol. The molecule has 0 unspecified atom stereocenters. The number of carbonyl (C=O) groups excluding carboxylic acids is 1. The minimum absolute atomic E-state index is 0.252. The number of hydrogen-bond acceptors (Lipinski definition) is 5. The van der Waals surface area contributed by atoms with Crippen LogP contribution in [-0.4, -0.2) is 30.8 Å². The number of aromatic amines is 1. The maximum Gasteiger partial charge on any atom is 0.331 e. The molecule has 0 aliphatic heterocycles. The van der Waals surface area contributed by atoms with Gasteiger partial charge in [0, 0.05) is 23.0 Å². The molecular weight excluding hydrogens is 276 g/mol. The lowest BCUT2D eigenvalue weighted by Gasteiger charge is -2.05. The molecular formula is C12H10N6OS. The molecule has 100 valence electrons. The van der Waals surface area contributed by atoms with Gasteiger partial charge in [-0.1, -0.05) is 11.8 Å². The molecule has 0 spiro atoms. The van der Waals surface area contributed by atoms with E-state index >= 15 is 0 Å². The number of nitrogens with one attached hydrogen (secondary N) is 2. The van der Waals surface area contributed by atoms with E-state index in [1.54, 1.807) is 12.4 Å². The quantitative estimate of drug-likeness (QED) is 0.770. The molecule has 3 aromatic rings. The van der Waals surface area contributed by atoms with Gasteiger partial charge in [0.05, 0.1) is 0 Å². The molecule has 0 fully saturated rings. The maximum atomic E-state index is 11.8. The van der Waals surface area contributed by atoms with Gasteiger partial charge in [-0.05, 0) is 24.3 Å². The highest BCUT2D eigenvalue weighted by molar-refractivity contribution is 7.99. The van der Waals surface area contributed by atoms with E-state index in [1.807, 2.05) is 24.3 Å². The fourth-order valence-corrected chi connectivity index (χ4v) is 2.22. The first-order chi connectivity index (χ1) is 9.81. The number of H-pyrrole nitrogens is 1. The van der Waals surface area contributed by atoms with E-state index in [0.717, 1.165) is 10.1 Å². The molecule has 0 saturated heterocycles. The summed E-state index contributed by atoms with van der Waals surface area (Å²) in [4.78, 5) is 20.7. The van der Waals surface area contributed by atoms with Crippen molar-refractivity contribution in [1.82, 2.24) is 24.7 Å². The van der Waals surface area contributed by atoms with Gasteiger partial charge in [-0.25, -0.2) is 14.8 Å². The third-order valence-electron chi connectivity index (χ3n) is 2.45. The van der Waals surface area contributed by atoms with E-state index in [4.69, 9.17) is 0 Å². The van der Waals surface area contributed by atoms with Gasteiger partial charge in [-0.2, -0.15) is 5.10 Å². The van der Waals surface area contributed by atoms with Crippen LogP contribution in [0.4, 0.5) is 10.5 Å². The van der Waals surface area contributed by atoms with E-state index < -0.39 is 0 Å². The fourth-order valence-electron chi connectivity index (χ4n) is 1.53. The molecule has 0 aliphatic rings. The molecule has 0 bridgehead atoms. The second-order valence-corrected chi connectivity index (χ2v) is 4.88. The molecule has 3 rings (SSSR count). The summed E-state index contributed by atoms with van der Waals surface area (Å²) >= 11 is 1.46. The zero-order chi connectivity index (χ0) is 13.8. The molecule has 2 N–H and O–H groups in total. The van der Waals surface area contributed by atoms with Gasteiger partial charge < -0.3 is 5.32 Å². The van der Waals surface area contributed by atoms with Crippen LogP contribution in [0.5, 0.6) is 0 Å². The summed E-state index contributed by atoms with van der Waals surface area (Å²) in [7, 11) is 0. The van der Waals surface area contributed by atoms with Gasteiger partial charge in [-0.15, -0.1) is 0 Å². The Labute approximate surface area is 118 Å². The first-order valence-corrected chi connectivity index (χ1v) is 6.55. The van der Waals surface area contributed by atoms with E-state index in [9.17, 15) is 4.79 Å². The summed E-state index contributed by atoms with van der Waals surface area (Å²) in [6.45, 7) is 0. The largest absolute Gasteiger partial charge is 0.331 e. The van der Waals surface area contributed by atoms with E-state index in [2.05, 4.69) is 25.5 Å². The molecule has 7 nitrogen and oxygen atoms in total. The van der Waals surface area contributed by atoms with Gasteiger partial charge in [-0.3, -0.25) is 9.67 Å². The van der Waals surface area contributed by atoms with Gasteiger partial charge in [0.1, 0.15) is 12.7 Å². The van der Waals surface area contributed by atoms with Crippen molar-refractivity contribution in [2.45, 2.75) is 10.1 Å². The number of amides is 1. The summed E-state index contributed by atoms with van der Waals surface area (Å²) in [5, 5.41) is 10.0. The Balaban J connectivity index is 1.65. The van der Waals surface area contributed by atoms with Crippen LogP contribution in [0.1, 0.15) is 0 Å². The van der Waals surface area contributed by atoms with Crippen molar-refractivity contribution in [1.29, 1.82) is 0 Å². The summed E-state index contributed by atoms with van der Waals surface area (Å²) < 4.78 is 1.37. The van der Waals surface area contributed by atoms with Crippen LogP contribution in [0.25, 0.3) is 0 Å². The summed E-state index contributed by atoms with van der Waals surface area (Å²) in [5.41, 5.74) is 0.714. The van der Waals surface area contributed by atoms with Crippen molar-refractivity contribution in [3.8, 4) is 0 Å². The van der Waals surface area contributed by atoms with Crippen molar-refractivity contribution < 1.29 is 4.79 Å². The van der Waals surface area contributed by atoms with Gasteiger partial charge in [0.15, 0.2) is 5.16 Å². The molecule has 1 amide bonds. The Bertz CT molecular complexity index is 677. The Morgan fingerprint density at radius 3 is 2.80 bits per heavy atom. The Morgan fingerprint density at radius 2 is 2.15 bits per heavy atom. The average molecular weight is 286 g/mol. The smallest absolute Gasteiger partial charge is 0.307 e. The molecule has 0 atom stereocenters. The van der Waals surface area contributed by atoms with Crippen LogP contribution in [-0.2, 0) is 0 Å². The Kier molecular flexibility index (Phi) is 3.46. The number of hydrogen-bond donors (Lipinski definition) is 2. The molecule has 1 aromatic carbocycles. The second kappa shape index (κ2) is 5.57. The van der Waals surface area contributed by atoms with Crippen molar-refractivity contribution in [3.63, 3.8) is 0 Å². The number of anilines is 1. The lowest BCUT2D eigenvalue weighted by molar-refractivity contribution is 0.253. The molecule has 2 aromatic heterocycles. The number of rotatable bonds is 3. The van der Waals surface area contributed by atoms with Crippen LogP contribution in [0.3, 0.4) is 0 Å². The molecule has 0 saturated carbocycles. The van der Waals surface area contributed by atoms with Crippen molar-refractivity contribution in [2.24, 2.45) is 0 Å². The minimum Gasteiger partial charge on any atom is -0.307 e. The van der Waals surface area contributed by atoms with Crippen LogP contribution in [0.2, 0.25) is 0 Å². The lowest BCUT2D eigenvalue weighted by atomic mass is 10.3. The predicted octanol–water partition coefficient (Wildman–Crippen LogP) is 2.23.